The van der Waals surface area contributed by atoms with Gasteiger partial charge in [0.05, 0.1) is 5.69 Å². The van der Waals surface area contributed by atoms with Crippen LogP contribution in [0.5, 0.6) is 0 Å². The summed E-state index contributed by atoms with van der Waals surface area (Å²) in [7, 11) is 0. The van der Waals surface area contributed by atoms with Crippen molar-refractivity contribution >= 4 is 28.2 Å². The Hall–Kier alpha value is -1.43. The molecule has 1 aromatic carbocycles. The molecule has 0 N–H and O–H groups in total. The summed E-state index contributed by atoms with van der Waals surface area (Å²) < 4.78 is 16.0. The Labute approximate surface area is 111 Å². The molecule has 2 nitrogen and oxygen atoms in total. The van der Waals surface area contributed by atoms with Crippen LogP contribution in [-0.2, 0) is 0 Å². The molecule has 2 heterocycles. The summed E-state index contributed by atoms with van der Waals surface area (Å²) >= 11 is 2.26. The minimum Gasteiger partial charge on any atom is -0.305 e. The first-order valence-corrected chi connectivity index (χ1v) is 6.20. The Morgan fingerprint density at radius 3 is 2.53 bits per heavy atom. The number of imidazole rings is 1. The van der Waals surface area contributed by atoms with Gasteiger partial charge in [0.1, 0.15) is 11.5 Å². The Bertz CT molecular complexity index is 673. The van der Waals surface area contributed by atoms with Crippen LogP contribution in [0.15, 0.2) is 48.8 Å². The van der Waals surface area contributed by atoms with E-state index < -0.39 is 0 Å². The number of hydrogen-bond acceptors (Lipinski definition) is 1. The highest BCUT2D eigenvalue weighted by atomic mass is 127. The molecule has 2 aromatic heterocycles. The molecule has 0 bridgehead atoms. The van der Waals surface area contributed by atoms with Gasteiger partial charge in [-0.05, 0) is 59.0 Å². The molecule has 4 heteroatoms. The lowest BCUT2D eigenvalue weighted by atomic mass is 10.2. The fraction of sp³-hybridized carbons (Fsp3) is 0. The van der Waals surface area contributed by atoms with Crippen molar-refractivity contribution in [2.24, 2.45) is 0 Å². The molecule has 0 amide bonds. The topological polar surface area (TPSA) is 17.3 Å². The summed E-state index contributed by atoms with van der Waals surface area (Å²) in [5.41, 5.74) is 2.67. The Kier molecular flexibility index (Phi) is 2.58. The number of nitrogens with zero attached hydrogens (tertiary/aromatic N) is 2. The Morgan fingerprint density at radius 2 is 1.76 bits per heavy atom. The van der Waals surface area contributed by atoms with Gasteiger partial charge in [0.2, 0.25) is 0 Å². The summed E-state index contributed by atoms with van der Waals surface area (Å²) in [6.07, 6.45) is 3.96. The number of hydrogen-bond donors (Lipinski definition) is 0. The lowest BCUT2D eigenvalue weighted by Crippen LogP contribution is -1.82. The number of halogens is 2. The molecule has 0 aliphatic heterocycles. The molecule has 0 aliphatic carbocycles. The van der Waals surface area contributed by atoms with Crippen molar-refractivity contribution in [3.63, 3.8) is 0 Å². The third-order valence-electron chi connectivity index (χ3n) is 2.55. The van der Waals surface area contributed by atoms with E-state index in [0.717, 1.165) is 20.5 Å². The minimum atomic E-state index is -0.230. The molecule has 84 valence electrons. The average Bonchev–Trinajstić information content (AvgIpc) is 2.72. The fourth-order valence-electron chi connectivity index (χ4n) is 1.72. The predicted molar refractivity (Wildman–Crippen MR) is 73.3 cm³/mol. The molecule has 0 unspecified atom stereocenters. The monoisotopic (exact) mass is 338 g/mol. The summed E-state index contributed by atoms with van der Waals surface area (Å²) in [6, 6.07) is 10.3. The predicted octanol–water partition coefficient (Wildman–Crippen LogP) is 3.75. The van der Waals surface area contributed by atoms with Crippen LogP contribution in [-0.4, -0.2) is 9.38 Å². The number of aromatic nitrogens is 2. The zero-order chi connectivity index (χ0) is 11.8. The van der Waals surface area contributed by atoms with Crippen LogP contribution >= 0.6 is 22.6 Å². The molecular weight excluding hydrogens is 330 g/mol. The third kappa shape index (κ3) is 2.04. The Morgan fingerprint density at radius 1 is 1.00 bits per heavy atom. The van der Waals surface area contributed by atoms with Crippen molar-refractivity contribution in [1.82, 2.24) is 9.38 Å². The molecule has 0 fully saturated rings. The molecule has 0 saturated heterocycles. The summed E-state index contributed by atoms with van der Waals surface area (Å²) in [4.78, 5) is 4.49. The van der Waals surface area contributed by atoms with Gasteiger partial charge < -0.3 is 4.40 Å². The molecule has 3 aromatic rings. The average molecular weight is 338 g/mol. The van der Waals surface area contributed by atoms with Crippen LogP contribution in [0, 0.1) is 9.39 Å². The largest absolute Gasteiger partial charge is 0.305 e. The van der Waals surface area contributed by atoms with E-state index in [0.29, 0.717) is 0 Å². The maximum absolute atomic E-state index is 12.8. The molecule has 0 spiro atoms. The van der Waals surface area contributed by atoms with Gasteiger partial charge in [-0.2, -0.15) is 0 Å². The normalized spacial score (nSPS) is 10.9. The van der Waals surface area contributed by atoms with Crippen LogP contribution in [0.1, 0.15) is 0 Å². The van der Waals surface area contributed by atoms with Gasteiger partial charge in [0.25, 0.3) is 0 Å². The third-order valence-corrected chi connectivity index (χ3v) is 3.19. The molecule has 0 radical (unpaired) electrons. The molecular formula is C13H8FIN2. The summed E-state index contributed by atoms with van der Waals surface area (Å²) in [5.74, 6) is -0.230. The van der Waals surface area contributed by atoms with Crippen molar-refractivity contribution in [3.8, 4) is 11.3 Å². The van der Waals surface area contributed by atoms with Gasteiger partial charge in [-0.25, -0.2) is 9.37 Å². The van der Waals surface area contributed by atoms with E-state index in [-0.39, 0.29) is 5.82 Å². The van der Waals surface area contributed by atoms with Gasteiger partial charge in [-0.1, -0.05) is 0 Å². The molecule has 0 atom stereocenters. The first-order chi connectivity index (χ1) is 8.22. The lowest BCUT2D eigenvalue weighted by Gasteiger charge is -1.94. The highest BCUT2D eigenvalue weighted by molar-refractivity contribution is 14.1. The second kappa shape index (κ2) is 4.10. The molecule has 17 heavy (non-hydrogen) atoms. The maximum atomic E-state index is 12.8. The highest BCUT2D eigenvalue weighted by Crippen LogP contribution is 2.20. The smallest absolute Gasteiger partial charge is 0.137 e. The van der Waals surface area contributed by atoms with E-state index in [4.69, 9.17) is 0 Å². The lowest BCUT2D eigenvalue weighted by molar-refractivity contribution is 0.628. The second-order valence-electron chi connectivity index (χ2n) is 3.75. The van der Waals surface area contributed by atoms with Gasteiger partial charge in [0.15, 0.2) is 0 Å². The standard InChI is InChI=1S/C13H8FIN2/c14-10-3-1-9(2-4-10)12-8-17-7-11(15)5-6-13(17)16-12/h1-8H. The second-order valence-corrected chi connectivity index (χ2v) is 4.99. The number of rotatable bonds is 1. The van der Waals surface area contributed by atoms with Crippen molar-refractivity contribution < 1.29 is 4.39 Å². The summed E-state index contributed by atoms with van der Waals surface area (Å²) in [5, 5.41) is 0. The van der Waals surface area contributed by atoms with Crippen molar-refractivity contribution in [2.45, 2.75) is 0 Å². The van der Waals surface area contributed by atoms with E-state index in [1.54, 1.807) is 12.1 Å². The van der Waals surface area contributed by atoms with Crippen molar-refractivity contribution in [3.05, 3.63) is 58.2 Å². The zero-order valence-electron chi connectivity index (χ0n) is 8.77. The number of benzene rings is 1. The van der Waals surface area contributed by atoms with Crippen LogP contribution in [0.3, 0.4) is 0 Å². The van der Waals surface area contributed by atoms with Crippen LogP contribution in [0.2, 0.25) is 0 Å². The quantitative estimate of drug-likeness (QED) is 0.618. The van der Waals surface area contributed by atoms with Gasteiger partial charge in [-0.3, -0.25) is 0 Å². The summed E-state index contributed by atoms with van der Waals surface area (Å²) in [6.45, 7) is 0. The van der Waals surface area contributed by atoms with Crippen LogP contribution in [0.4, 0.5) is 4.39 Å². The van der Waals surface area contributed by atoms with E-state index >= 15 is 0 Å². The van der Waals surface area contributed by atoms with Gasteiger partial charge in [-0.15, -0.1) is 0 Å². The fourth-order valence-corrected chi connectivity index (χ4v) is 2.20. The van der Waals surface area contributed by atoms with Gasteiger partial charge in [0, 0.05) is 21.5 Å². The molecule has 0 saturated carbocycles. The number of pyridine rings is 1. The van der Waals surface area contributed by atoms with E-state index in [9.17, 15) is 4.39 Å². The van der Waals surface area contributed by atoms with E-state index in [1.165, 1.54) is 12.1 Å². The minimum absolute atomic E-state index is 0.230. The van der Waals surface area contributed by atoms with E-state index in [1.807, 2.05) is 28.9 Å². The van der Waals surface area contributed by atoms with E-state index in [2.05, 4.69) is 27.6 Å². The first kappa shape index (κ1) is 10.7. The SMILES string of the molecule is Fc1ccc(-c2cn3cc(I)ccc3n2)cc1. The van der Waals surface area contributed by atoms with Crippen molar-refractivity contribution in [2.75, 3.05) is 0 Å². The number of fused-ring (bicyclic) bond motifs is 1. The van der Waals surface area contributed by atoms with Crippen molar-refractivity contribution in [1.29, 1.82) is 0 Å². The Balaban J connectivity index is 2.14. The highest BCUT2D eigenvalue weighted by Gasteiger charge is 2.04. The van der Waals surface area contributed by atoms with Crippen LogP contribution in [0.25, 0.3) is 16.9 Å². The molecule has 3 rings (SSSR count). The maximum Gasteiger partial charge on any atom is 0.137 e. The zero-order valence-corrected chi connectivity index (χ0v) is 10.9. The van der Waals surface area contributed by atoms with Crippen LogP contribution < -0.4 is 0 Å². The first-order valence-electron chi connectivity index (χ1n) is 5.12. The van der Waals surface area contributed by atoms with Gasteiger partial charge >= 0.3 is 0 Å². The molecule has 0 aliphatic rings.